The van der Waals surface area contributed by atoms with Crippen molar-refractivity contribution in [3.8, 4) is 11.3 Å². The van der Waals surface area contributed by atoms with Crippen molar-refractivity contribution in [2.45, 2.75) is 19.0 Å². The van der Waals surface area contributed by atoms with Gasteiger partial charge in [-0.3, -0.25) is 15.1 Å². The molecule has 0 aliphatic heterocycles. The number of aromatic nitrogens is 3. The van der Waals surface area contributed by atoms with Crippen LogP contribution < -0.4 is 5.73 Å². The van der Waals surface area contributed by atoms with Gasteiger partial charge in [0.25, 0.3) is 5.69 Å². The number of fused-ring (bicyclic) bond motifs is 1. The third-order valence-electron chi connectivity index (χ3n) is 7.36. The standard InChI is InChI=1S/C33H27N5O2/c1-23-19-24(17-18-35-23)32-29-20-25(22-34)30(38(39)40)21-31(29)37(36-32)33(26-11-5-2-6-12-26,27-13-7-3-8-14-27)28-15-9-4-10-16-28/h2-21H,22,34H2,1H3. The van der Waals surface area contributed by atoms with Crippen molar-refractivity contribution in [1.82, 2.24) is 14.8 Å². The number of nitrogens with zero attached hydrogens (tertiary/aromatic N) is 4. The zero-order valence-corrected chi connectivity index (χ0v) is 21.9. The van der Waals surface area contributed by atoms with Crippen molar-refractivity contribution in [3.63, 3.8) is 0 Å². The summed E-state index contributed by atoms with van der Waals surface area (Å²) in [5.41, 5.74) is 11.5. The van der Waals surface area contributed by atoms with Crippen molar-refractivity contribution in [1.29, 1.82) is 0 Å². The largest absolute Gasteiger partial charge is 0.326 e. The maximum atomic E-state index is 12.2. The SMILES string of the molecule is Cc1cc(-c2nn(C(c3ccccc3)(c3ccccc3)c3ccccc3)c3cc([N+](=O)[O-])c(CN)cc23)ccn1. The molecule has 0 unspecified atom stereocenters. The van der Waals surface area contributed by atoms with Crippen LogP contribution in [0.15, 0.2) is 121 Å². The number of nitro benzene ring substituents is 1. The molecule has 2 heterocycles. The Bertz CT molecular complexity index is 1720. The number of aryl methyl sites for hydroxylation is 1. The van der Waals surface area contributed by atoms with Gasteiger partial charge in [0.2, 0.25) is 0 Å². The van der Waals surface area contributed by atoms with E-state index in [1.807, 2.05) is 84.4 Å². The van der Waals surface area contributed by atoms with Gasteiger partial charge in [-0.1, -0.05) is 91.0 Å². The molecular formula is C33H27N5O2. The van der Waals surface area contributed by atoms with Gasteiger partial charge in [-0.2, -0.15) is 5.10 Å². The molecular weight excluding hydrogens is 498 g/mol. The first-order valence-electron chi connectivity index (χ1n) is 13.0. The molecule has 6 rings (SSSR count). The summed E-state index contributed by atoms with van der Waals surface area (Å²) < 4.78 is 1.95. The lowest BCUT2D eigenvalue weighted by Crippen LogP contribution is -2.38. The van der Waals surface area contributed by atoms with E-state index >= 15 is 0 Å². The van der Waals surface area contributed by atoms with Crippen LogP contribution in [0.5, 0.6) is 0 Å². The Balaban J connectivity index is 1.84. The second-order valence-electron chi connectivity index (χ2n) is 9.71. The van der Waals surface area contributed by atoms with Crippen molar-refractivity contribution in [2.75, 3.05) is 0 Å². The molecule has 4 aromatic carbocycles. The van der Waals surface area contributed by atoms with Gasteiger partial charge in [-0.25, -0.2) is 4.68 Å². The quantitative estimate of drug-likeness (QED) is 0.144. The first kappa shape index (κ1) is 25.2. The number of pyridine rings is 1. The first-order valence-corrected chi connectivity index (χ1v) is 13.0. The fourth-order valence-electron chi connectivity index (χ4n) is 5.59. The van der Waals surface area contributed by atoms with Crippen LogP contribution in [-0.4, -0.2) is 19.7 Å². The van der Waals surface area contributed by atoms with Crippen LogP contribution >= 0.6 is 0 Å². The van der Waals surface area contributed by atoms with Crippen LogP contribution in [0.3, 0.4) is 0 Å². The van der Waals surface area contributed by atoms with E-state index in [2.05, 4.69) is 41.4 Å². The Kier molecular flexibility index (Phi) is 6.42. The number of nitrogens with two attached hydrogens (primary N) is 1. The number of nitro groups is 1. The van der Waals surface area contributed by atoms with E-state index in [4.69, 9.17) is 10.8 Å². The number of hydrogen-bond donors (Lipinski definition) is 1. The van der Waals surface area contributed by atoms with Crippen LogP contribution in [0, 0.1) is 17.0 Å². The van der Waals surface area contributed by atoms with Gasteiger partial charge in [-0.15, -0.1) is 0 Å². The van der Waals surface area contributed by atoms with Gasteiger partial charge in [0, 0.05) is 41.0 Å². The molecule has 0 saturated carbocycles. The predicted molar refractivity (Wildman–Crippen MR) is 157 cm³/mol. The van der Waals surface area contributed by atoms with E-state index in [-0.39, 0.29) is 17.2 Å². The number of hydrogen-bond acceptors (Lipinski definition) is 5. The number of benzene rings is 4. The molecule has 0 aliphatic carbocycles. The Morgan fingerprint density at radius 2 is 1.38 bits per heavy atom. The minimum absolute atomic E-state index is 0.0308. The van der Waals surface area contributed by atoms with Crippen LogP contribution in [0.25, 0.3) is 22.2 Å². The molecule has 7 nitrogen and oxygen atoms in total. The molecule has 2 aromatic heterocycles. The highest BCUT2D eigenvalue weighted by Crippen LogP contribution is 2.45. The molecule has 7 heteroatoms. The summed E-state index contributed by atoms with van der Waals surface area (Å²) in [6.07, 6.45) is 1.75. The Morgan fingerprint density at radius 1 is 0.825 bits per heavy atom. The van der Waals surface area contributed by atoms with Gasteiger partial charge in [0.15, 0.2) is 0 Å². The molecule has 196 valence electrons. The highest BCUT2D eigenvalue weighted by molar-refractivity contribution is 5.96. The molecule has 6 aromatic rings. The van der Waals surface area contributed by atoms with Gasteiger partial charge in [0.05, 0.1) is 10.4 Å². The van der Waals surface area contributed by atoms with E-state index in [1.54, 1.807) is 12.3 Å². The molecule has 0 bridgehead atoms. The van der Waals surface area contributed by atoms with E-state index in [0.717, 1.165) is 33.3 Å². The van der Waals surface area contributed by atoms with Gasteiger partial charge >= 0.3 is 0 Å². The summed E-state index contributed by atoms with van der Waals surface area (Å²) in [7, 11) is 0. The second-order valence-corrected chi connectivity index (χ2v) is 9.71. The van der Waals surface area contributed by atoms with E-state index < -0.39 is 5.54 Å². The summed E-state index contributed by atoms with van der Waals surface area (Å²) in [4.78, 5) is 16.2. The lowest BCUT2D eigenvalue weighted by atomic mass is 9.77. The monoisotopic (exact) mass is 525 g/mol. The molecule has 2 N–H and O–H groups in total. The van der Waals surface area contributed by atoms with Crippen molar-refractivity contribution >= 4 is 16.6 Å². The van der Waals surface area contributed by atoms with Crippen LogP contribution in [0.2, 0.25) is 0 Å². The van der Waals surface area contributed by atoms with E-state index in [1.165, 1.54) is 0 Å². The molecule has 0 aliphatic rings. The van der Waals surface area contributed by atoms with Crippen molar-refractivity contribution in [2.24, 2.45) is 5.73 Å². The Labute approximate surface area is 231 Å². The first-order chi connectivity index (χ1) is 19.5. The maximum Gasteiger partial charge on any atom is 0.276 e. The van der Waals surface area contributed by atoms with Crippen molar-refractivity contribution < 1.29 is 4.92 Å². The minimum atomic E-state index is -0.944. The van der Waals surface area contributed by atoms with Gasteiger partial charge < -0.3 is 5.73 Å². The molecule has 40 heavy (non-hydrogen) atoms. The molecule has 0 radical (unpaired) electrons. The average molecular weight is 526 g/mol. The van der Waals surface area contributed by atoms with Crippen LogP contribution in [0.4, 0.5) is 5.69 Å². The molecule has 0 atom stereocenters. The fourth-order valence-corrected chi connectivity index (χ4v) is 5.59. The second kappa shape index (κ2) is 10.2. The smallest absolute Gasteiger partial charge is 0.276 e. The Morgan fingerprint density at radius 3 is 1.85 bits per heavy atom. The molecule has 0 saturated heterocycles. The predicted octanol–water partition coefficient (Wildman–Crippen LogP) is 6.61. The molecule has 0 spiro atoms. The fraction of sp³-hybridized carbons (Fsp3) is 0.0909. The van der Waals surface area contributed by atoms with Crippen LogP contribution in [0.1, 0.15) is 27.9 Å². The highest BCUT2D eigenvalue weighted by Gasteiger charge is 2.41. The van der Waals surface area contributed by atoms with E-state index in [0.29, 0.717) is 16.8 Å². The zero-order chi connectivity index (χ0) is 27.7. The summed E-state index contributed by atoms with van der Waals surface area (Å²) in [5, 5.41) is 18.3. The summed E-state index contributed by atoms with van der Waals surface area (Å²) in [6.45, 7) is 1.97. The number of rotatable bonds is 7. The zero-order valence-electron chi connectivity index (χ0n) is 21.9. The summed E-state index contributed by atoms with van der Waals surface area (Å²) in [6, 6.07) is 37.7. The van der Waals surface area contributed by atoms with Crippen LogP contribution in [-0.2, 0) is 12.1 Å². The lowest BCUT2D eigenvalue weighted by molar-refractivity contribution is -0.385. The molecule has 0 amide bonds. The Hall–Kier alpha value is -5.14. The lowest BCUT2D eigenvalue weighted by Gasteiger charge is -2.37. The third-order valence-corrected chi connectivity index (χ3v) is 7.36. The van der Waals surface area contributed by atoms with Gasteiger partial charge in [0.1, 0.15) is 11.2 Å². The minimum Gasteiger partial charge on any atom is -0.326 e. The van der Waals surface area contributed by atoms with Gasteiger partial charge in [-0.05, 0) is 41.8 Å². The third kappa shape index (κ3) is 4.04. The molecule has 0 fully saturated rings. The summed E-state index contributed by atoms with van der Waals surface area (Å²) in [5.74, 6) is 0. The average Bonchev–Trinajstić information content (AvgIpc) is 3.37. The maximum absolute atomic E-state index is 12.2. The highest BCUT2D eigenvalue weighted by atomic mass is 16.6. The van der Waals surface area contributed by atoms with E-state index in [9.17, 15) is 10.1 Å². The normalized spacial score (nSPS) is 11.6. The van der Waals surface area contributed by atoms with Crippen molar-refractivity contribution in [3.05, 3.63) is 160 Å². The topological polar surface area (TPSA) is 99.9 Å². The summed E-state index contributed by atoms with van der Waals surface area (Å²) >= 11 is 0.